The van der Waals surface area contributed by atoms with E-state index in [2.05, 4.69) is 16.0 Å². The zero-order valence-corrected chi connectivity index (χ0v) is 19.3. The van der Waals surface area contributed by atoms with E-state index in [4.69, 9.17) is 9.47 Å². The van der Waals surface area contributed by atoms with Crippen molar-refractivity contribution in [2.45, 2.75) is 13.0 Å². The molecule has 0 saturated heterocycles. The van der Waals surface area contributed by atoms with E-state index in [1.807, 2.05) is 0 Å². The summed E-state index contributed by atoms with van der Waals surface area (Å²) >= 11 is 1.25. The van der Waals surface area contributed by atoms with Gasteiger partial charge in [-0.15, -0.1) is 11.3 Å². The minimum absolute atomic E-state index is 0.338. The third-order valence-electron chi connectivity index (χ3n) is 4.58. The van der Waals surface area contributed by atoms with Crippen LogP contribution in [0.1, 0.15) is 27.0 Å². The van der Waals surface area contributed by atoms with Crippen LogP contribution in [-0.2, 0) is 14.3 Å². The van der Waals surface area contributed by atoms with Crippen molar-refractivity contribution in [2.75, 3.05) is 24.4 Å². The Balaban J connectivity index is 1.46. The monoisotopic (exact) mass is 481 g/mol. The third kappa shape index (κ3) is 6.66. The molecule has 3 amide bonds. The summed E-state index contributed by atoms with van der Waals surface area (Å²) in [4.78, 5) is 49.1. The first-order chi connectivity index (χ1) is 16.4. The van der Waals surface area contributed by atoms with E-state index in [0.717, 1.165) is 0 Å². The number of rotatable bonds is 9. The number of carbonyl (C=O) groups is 4. The fourth-order valence-corrected chi connectivity index (χ4v) is 3.47. The molecular formula is C24H23N3O6S. The number of thiophene rings is 1. The Hall–Kier alpha value is -4.18. The molecule has 0 aliphatic rings. The Morgan fingerprint density at radius 1 is 0.912 bits per heavy atom. The summed E-state index contributed by atoms with van der Waals surface area (Å²) in [7, 11) is 1.52. The maximum atomic E-state index is 12.5. The topological polar surface area (TPSA) is 123 Å². The molecule has 0 fully saturated rings. The Labute approximate surface area is 200 Å². The molecule has 2 aromatic carbocycles. The second-order valence-electron chi connectivity index (χ2n) is 7.06. The number of para-hydroxylation sites is 2. The van der Waals surface area contributed by atoms with Crippen LogP contribution in [-0.4, -0.2) is 43.4 Å². The van der Waals surface area contributed by atoms with Crippen molar-refractivity contribution >= 4 is 46.4 Å². The van der Waals surface area contributed by atoms with Gasteiger partial charge in [0.2, 0.25) is 0 Å². The van der Waals surface area contributed by atoms with Crippen LogP contribution in [0.25, 0.3) is 0 Å². The number of methoxy groups -OCH3 is 1. The Morgan fingerprint density at radius 2 is 1.65 bits per heavy atom. The second-order valence-corrected chi connectivity index (χ2v) is 8.01. The van der Waals surface area contributed by atoms with Crippen molar-refractivity contribution in [3.63, 3.8) is 0 Å². The largest absolute Gasteiger partial charge is 0.495 e. The first-order valence-corrected chi connectivity index (χ1v) is 11.1. The number of hydrogen-bond acceptors (Lipinski definition) is 7. The van der Waals surface area contributed by atoms with E-state index >= 15 is 0 Å². The molecule has 0 bridgehead atoms. The van der Waals surface area contributed by atoms with E-state index in [9.17, 15) is 19.2 Å². The summed E-state index contributed by atoms with van der Waals surface area (Å²) in [6.07, 6.45) is 0. The van der Waals surface area contributed by atoms with Crippen LogP contribution in [0.4, 0.5) is 11.4 Å². The molecule has 3 aromatic rings. The lowest BCUT2D eigenvalue weighted by Crippen LogP contribution is -2.40. The van der Waals surface area contributed by atoms with Crippen molar-refractivity contribution in [3.05, 3.63) is 76.5 Å². The fraction of sp³-hybridized carbons (Fsp3) is 0.167. The van der Waals surface area contributed by atoms with Crippen molar-refractivity contribution in [1.82, 2.24) is 5.32 Å². The number of benzene rings is 2. The summed E-state index contributed by atoms with van der Waals surface area (Å²) in [6.45, 7) is 0.953. The SMILES string of the molecule is COc1ccccc1NC(=O)c1ccc(NC(=O)COC(=O)C(C)NC(=O)c2cccs2)cc1. The first kappa shape index (κ1) is 24.5. The van der Waals surface area contributed by atoms with E-state index in [0.29, 0.717) is 27.6 Å². The highest BCUT2D eigenvalue weighted by atomic mass is 32.1. The van der Waals surface area contributed by atoms with Gasteiger partial charge >= 0.3 is 5.97 Å². The highest BCUT2D eigenvalue weighted by Crippen LogP contribution is 2.23. The predicted octanol–water partition coefficient (Wildman–Crippen LogP) is 3.31. The fourth-order valence-electron chi connectivity index (χ4n) is 2.84. The maximum Gasteiger partial charge on any atom is 0.328 e. The molecule has 0 spiro atoms. The smallest absolute Gasteiger partial charge is 0.328 e. The van der Waals surface area contributed by atoms with Gasteiger partial charge in [-0.2, -0.15) is 0 Å². The summed E-state index contributed by atoms with van der Waals surface area (Å²) in [5.41, 5.74) is 1.34. The lowest BCUT2D eigenvalue weighted by molar-refractivity contribution is -0.148. The number of amides is 3. The van der Waals surface area contributed by atoms with Gasteiger partial charge in [0, 0.05) is 11.3 Å². The average Bonchev–Trinajstić information content (AvgIpc) is 3.38. The molecule has 176 valence electrons. The molecule has 0 aliphatic heterocycles. The molecule has 1 heterocycles. The van der Waals surface area contributed by atoms with Crippen LogP contribution >= 0.6 is 11.3 Å². The molecule has 0 radical (unpaired) electrons. The van der Waals surface area contributed by atoms with Crippen LogP contribution in [0.15, 0.2) is 66.0 Å². The van der Waals surface area contributed by atoms with Crippen molar-refractivity contribution in [3.8, 4) is 5.75 Å². The van der Waals surface area contributed by atoms with E-state index in [1.54, 1.807) is 66.0 Å². The molecular weight excluding hydrogens is 458 g/mol. The standard InChI is InChI=1S/C24H23N3O6S/c1-15(25-23(30)20-8-5-13-34-20)24(31)33-14-21(28)26-17-11-9-16(10-12-17)22(29)27-18-6-3-4-7-19(18)32-2/h3-13,15H,14H2,1-2H3,(H,25,30)(H,26,28)(H,27,29). The molecule has 10 heteroatoms. The average molecular weight is 482 g/mol. The minimum Gasteiger partial charge on any atom is -0.495 e. The normalized spacial score (nSPS) is 11.1. The third-order valence-corrected chi connectivity index (χ3v) is 5.45. The van der Waals surface area contributed by atoms with Gasteiger partial charge in [0.05, 0.1) is 17.7 Å². The van der Waals surface area contributed by atoms with Gasteiger partial charge in [0.15, 0.2) is 6.61 Å². The maximum absolute atomic E-state index is 12.5. The number of carbonyl (C=O) groups excluding carboxylic acids is 4. The summed E-state index contributed by atoms with van der Waals surface area (Å²) in [5, 5.41) is 9.61. The van der Waals surface area contributed by atoms with Gasteiger partial charge in [-0.1, -0.05) is 18.2 Å². The van der Waals surface area contributed by atoms with Crippen LogP contribution in [0.2, 0.25) is 0 Å². The van der Waals surface area contributed by atoms with Gasteiger partial charge in [0.25, 0.3) is 17.7 Å². The van der Waals surface area contributed by atoms with Crippen molar-refractivity contribution in [2.24, 2.45) is 0 Å². The van der Waals surface area contributed by atoms with Gasteiger partial charge < -0.3 is 25.4 Å². The molecule has 0 aliphatic carbocycles. The van der Waals surface area contributed by atoms with E-state index in [-0.39, 0.29) is 5.91 Å². The van der Waals surface area contributed by atoms with E-state index < -0.39 is 30.4 Å². The zero-order chi connectivity index (χ0) is 24.5. The lowest BCUT2D eigenvalue weighted by Gasteiger charge is -2.13. The highest BCUT2D eigenvalue weighted by molar-refractivity contribution is 7.12. The second kappa shape index (κ2) is 11.6. The van der Waals surface area contributed by atoms with E-state index in [1.165, 1.54) is 25.4 Å². The summed E-state index contributed by atoms with van der Waals surface area (Å²) in [6, 6.07) is 15.7. The number of hydrogen-bond donors (Lipinski definition) is 3. The van der Waals surface area contributed by atoms with Crippen LogP contribution in [0.5, 0.6) is 5.75 Å². The summed E-state index contributed by atoms with van der Waals surface area (Å²) < 4.78 is 10.2. The van der Waals surface area contributed by atoms with Crippen molar-refractivity contribution in [1.29, 1.82) is 0 Å². The van der Waals surface area contributed by atoms with Gasteiger partial charge in [-0.05, 0) is 54.8 Å². The Bertz CT molecular complexity index is 1160. The molecule has 0 saturated carbocycles. The number of nitrogens with one attached hydrogen (secondary N) is 3. The Kier molecular flexibility index (Phi) is 8.36. The van der Waals surface area contributed by atoms with Gasteiger partial charge in [-0.25, -0.2) is 4.79 Å². The Morgan fingerprint density at radius 3 is 2.32 bits per heavy atom. The van der Waals surface area contributed by atoms with Gasteiger partial charge in [-0.3, -0.25) is 14.4 Å². The molecule has 34 heavy (non-hydrogen) atoms. The molecule has 1 aromatic heterocycles. The quantitative estimate of drug-likeness (QED) is 0.403. The molecule has 1 atom stereocenters. The number of anilines is 2. The van der Waals surface area contributed by atoms with Crippen LogP contribution in [0.3, 0.4) is 0 Å². The molecule has 9 nitrogen and oxygen atoms in total. The number of esters is 1. The van der Waals surface area contributed by atoms with Crippen LogP contribution < -0.4 is 20.7 Å². The highest BCUT2D eigenvalue weighted by Gasteiger charge is 2.19. The minimum atomic E-state index is -0.913. The van der Waals surface area contributed by atoms with Gasteiger partial charge in [0.1, 0.15) is 11.8 Å². The van der Waals surface area contributed by atoms with Crippen LogP contribution in [0, 0.1) is 0 Å². The number of ether oxygens (including phenoxy) is 2. The zero-order valence-electron chi connectivity index (χ0n) is 18.5. The van der Waals surface area contributed by atoms with Crippen molar-refractivity contribution < 1.29 is 28.7 Å². The molecule has 3 rings (SSSR count). The lowest BCUT2D eigenvalue weighted by atomic mass is 10.2. The molecule has 3 N–H and O–H groups in total. The summed E-state index contributed by atoms with van der Waals surface area (Å²) in [5.74, 6) is -1.48. The first-order valence-electron chi connectivity index (χ1n) is 10.2. The predicted molar refractivity (Wildman–Crippen MR) is 128 cm³/mol. The molecule has 1 unspecified atom stereocenters.